The van der Waals surface area contributed by atoms with E-state index in [9.17, 15) is 9.59 Å². The van der Waals surface area contributed by atoms with Crippen LogP contribution < -0.4 is 0 Å². The fraction of sp³-hybridized carbons (Fsp3) is 0.419. The van der Waals surface area contributed by atoms with Crippen LogP contribution in [0.5, 0.6) is 0 Å². The summed E-state index contributed by atoms with van der Waals surface area (Å²) >= 11 is 0. The molecule has 0 radical (unpaired) electrons. The van der Waals surface area contributed by atoms with Crippen molar-refractivity contribution in [1.82, 2.24) is 14.7 Å². The van der Waals surface area contributed by atoms with E-state index in [1.165, 1.54) is 43.2 Å². The van der Waals surface area contributed by atoms with E-state index in [1.54, 1.807) is 4.90 Å². The molecule has 5 heteroatoms. The summed E-state index contributed by atoms with van der Waals surface area (Å²) in [5.74, 6) is 0.853. The number of piperazine rings is 2. The van der Waals surface area contributed by atoms with Crippen LogP contribution in [0.3, 0.4) is 0 Å². The summed E-state index contributed by atoms with van der Waals surface area (Å²) in [6.45, 7) is 3.49. The fourth-order valence-electron chi connectivity index (χ4n) is 6.39. The largest absolute Gasteiger partial charge is 0.327 e. The van der Waals surface area contributed by atoms with Crippen LogP contribution in [0.25, 0.3) is 10.8 Å². The smallest absolute Gasteiger partial charge is 0.247 e. The normalized spacial score (nSPS) is 21.7. The van der Waals surface area contributed by atoms with E-state index < -0.39 is 6.04 Å². The lowest BCUT2D eigenvalue weighted by atomic mass is 9.84. The van der Waals surface area contributed by atoms with Crippen LogP contribution in [0, 0.1) is 0 Å². The fourth-order valence-corrected chi connectivity index (χ4v) is 6.39. The highest BCUT2D eigenvalue weighted by molar-refractivity contribution is 5.95. The van der Waals surface area contributed by atoms with E-state index in [0.717, 1.165) is 35.3 Å². The minimum absolute atomic E-state index is 0.0660. The molecule has 1 saturated carbocycles. The van der Waals surface area contributed by atoms with Crippen LogP contribution >= 0.6 is 0 Å². The van der Waals surface area contributed by atoms with Crippen LogP contribution in [0.1, 0.15) is 54.7 Å². The van der Waals surface area contributed by atoms with Gasteiger partial charge in [0.1, 0.15) is 12.6 Å². The van der Waals surface area contributed by atoms with Crippen molar-refractivity contribution in [1.29, 1.82) is 0 Å². The first kappa shape index (κ1) is 23.2. The van der Waals surface area contributed by atoms with Crippen LogP contribution in [0.15, 0.2) is 66.7 Å². The molecule has 1 atom stereocenters. The van der Waals surface area contributed by atoms with Gasteiger partial charge in [-0.2, -0.15) is 0 Å². The number of benzene rings is 3. The highest BCUT2D eigenvalue weighted by Crippen LogP contribution is 2.33. The topological polar surface area (TPSA) is 43.9 Å². The molecule has 2 heterocycles. The lowest BCUT2D eigenvalue weighted by molar-refractivity contribution is -0.160. The Balaban J connectivity index is 1.13. The zero-order chi connectivity index (χ0) is 24.5. The van der Waals surface area contributed by atoms with Crippen LogP contribution in [-0.4, -0.2) is 58.7 Å². The molecule has 3 aliphatic rings. The average molecular weight is 482 g/mol. The Morgan fingerprint density at radius 3 is 2.39 bits per heavy atom. The Bertz CT molecular complexity index is 1240. The molecule has 2 saturated heterocycles. The average Bonchev–Trinajstić information content (AvgIpc) is 2.93. The summed E-state index contributed by atoms with van der Waals surface area (Å²) in [5.41, 5.74) is 3.85. The highest BCUT2D eigenvalue weighted by Gasteiger charge is 2.42. The number of hydrogen-bond acceptors (Lipinski definition) is 3. The molecule has 2 aliphatic heterocycles. The number of rotatable bonds is 5. The molecular weight excluding hydrogens is 446 g/mol. The highest BCUT2D eigenvalue weighted by atomic mass is 16.2. The molecule has 0 bridgehead atoms. The van der Waals surface area contributed by atoms with Gasteiger partial charge in [-0.25, -0.2) is 0 Å². The van der Waals surface area contributed by atoms with Gasteiger partial charge in [0.05, 0.1) is 0 Å². The van der Waals surface area contributed by atoms with Crippen molar-refractivity contribution in [2.24, 2.45) is 0 Å². The maximum absolute atomic E-state index is 13.6. The number of carbonyl (C=O) groups is 2. The van der Waals surface area contributed by atoms with Gasteiger partial charge in [0, 0.05) is 32.7 Å². The second kappa shape index (κ2) is 10.1. The molecule has 0 spiro atoms. The monoisotopic (exact) mass is 481 g/mol. The van der Waals surface area contributed by atoms with Crippen molar-refractivity contribution >= 4 is 22.6 Å². The van der Waals surface area contributed by atoms with Crippen molar-refractivity contribution in [3.8, 4) is 0 Å². The number of fused-ring (bicyclic) bond motifs is 2. The third-order valence-corrected chi connectivity index (χ3v) is 8.41. The standard InChI is InChI=1S/C31H35N3O2/c35-30-22-33(20-27-11-6-10-26-9-4-5-12-28(26)27)31(36)29-21-32(17-18-34(29)30)19-23-13-15-25(16-14-23)24-7-2-1-3-8-24/h4-6,9-16,24,29H,1-3,7-8,17-22H2. The van der Waals surface area contributed by atoms with Gasteiger partial charge in [-0.1, -0.05) is 86.0 Å². The number of hydrogen-bond donors (Lipinski definition) is 0. The van der Waals surface area contributed by atoms with E-state index in [-0.39, 0.29) is 18.4 Å². The summed E-state index contributed by atoms with van der Waals surface area (Å²) in [6, 6.07) is 23.2. The predicted octanol–water partition coefficient (Wildman–Crippen LogP) is 4.94. The molecule has 186 valence electrons. The number of amides is 2. The van der Waals surface area contributed by atoms with Crippen LogP contribution in [-0.2, 0) is 22.7 Å². The zero-order valence-corrected chi connectivity index (χ0v) is 20.9. The molecular formula is C31H35N3O2. The molecule has 3 aromatic carbocycles. The number of carbonyl (C=O) groups excluding carboxylic acids is 2. The van der Waals surface area contributed by atoms with Crippen molar-refractivity contribution < 1.29 is 9.59 Å². The van der Waals surface area contributed by atoms with E-state index in [0.29, 0.717) is 19.6 Å². The SMILES string of the molecule is O=C1C2CN(Cc3ccc(C4CCCCC4)cc3)CCN2C(=O)CN1Cc1cccc2ccccc12. The lowest BCUT2D eigenvalue weighted by Crippen LogP contribution is -2.66. The molecule has 2 amide bonds. The Morgan fingerprint density at radius 1 is 0.778 bits per heavy atom. The second-order valence-corrected chi connectivity index (χ2v) is 10.7. The maximum Gasteiger partial charge on any atom is 0.247 e. The molecule has 3 aromatic rings. The van der Waals surface area contributed by atoms with E-state index >= 15 is 0 Å². The summed E-state index contributed by atoms with van der Waals surface area (Å²) in [5, 5.41) is 2.30. The van der Waals surface area contributed by atoms with Gasteiger partial charge in [0.2, 0.25) is 11.8 Å². The Morgan fingerprint density at radius 2 is 1.56 bits per heavy atom. The minimum Gasteiger partial charge on any atom is -0.327 e. The van der Waals surface area contributed by atoms with Gasteiger partial charge in [-0.15, -0.1) is 0 Å². The van der Waals surface area contributed by atoms with Crippen LogP contribution in [0.2, 0.25) is 0 Å². The molecule has 36 heavy (non-hydrogen) atoms. The zero-order valence-electron chi connectivity index (χ0n) is 20.9. The van der Waals surface area contributed by atoms with Gasteiger partial charge >= 0.3 is 0 Å². The van der Waals surface area contributed by atoms with Gasteiger partial charge < -0.3 is 9.80 Å². The Kier molecular flexibility index (Phi) is 6.49. The summed E-state index contributed by atoms with van der Waals surface area (Å²) in [7, 11) is 0. The molecule has 5 nitrogen and oxygen atoms in total. The minimum atomic E-state index is -0.392. The van der Waals surface area contributed by atoms with E-state index in [4.69, 9.17) is 0 Å². The van der Waals surface area contributed by atoms with Crippen molar-refractivity contribution in [2.75, 3.05) is 26.2 Å². The van der Waals surface area contributed by atoms with E-state index in [2.05, 4.69) is 53.4 Å². The molecule has 6 rings (SSSR count). The van der Waals surface area contributed by atoms with E-state index in [1.807, 2.05) is 23.1 Å². The summed E-state index contributed by atoms with van der Waals surface area (Å²) < 4.78 is 0. The third-order valence-electron chi connectivity index (χ3n) is 8.41. The Hall–Kier alpha value is -3.18. The van der Waals surface area contributed by atoms with Crippen molar-refractivity contribution in [3.05, 3.63) is 83.4 Å². The maximum atomic E-state index is 13.6. The molecule has 0 N–H and O–H groups in total. The van der Waals surface area contributed by atoms with Gasteiger partial charge in [0.25, 0.3) is 0 Å². The molecule has 1 unspecified atom stereocenters. The van der Waals surface area contributed by atoms with Gasteiger partial charge in [-0.3, -0.25) is 14.5 Å². The summed E-state index contributed by atoms with van der Waals surface area (Å²) in [4.78, 5) is 32.5. The first-order chi connectivity index (χ1) is 17.7. The van der Waals surface area contributed by atoms with Crippen LogP contribution in [0.4, 0.5) is 0 Å². The first-order valence-corrected chi connectivity index (χ1v) is 13.5. The lowest BCUT2D eigenvalue weighted by Gasteiger charge is -2.46. The van der Waals surface area contributed by atoms with Crippen molar-refractivity contribution in [3.63, 3.8) is 0 Å². The third kappa shape index (κ3) is 4.64. The predicted molar refractivity (Wildman–Crippen MR) is 142 cm³/mol. The van der Waals surface area contributed by atoms with Gasteiger partial charge in [-0.05, 0) is 46.2 Å². The second-order valence-electron chi connectivity index (χ2n) is 10.7. The quantitative estimate of drug-likeness (QED) is 0.518. The molecule has 1 aliphatic carbocycles. The Labute approximate surface area is 213 Å². The molecule has 0 aromatic heterocycles. The molecule has 3 fully saturated rings. The van der Waals surface area contributed by atoms with Gasteiger partial charge in [0.15, 0.2) is 0 Å². The first-order valence-electron chi connectivity index (χ1n) is 13.5. The summed E-state index contributed by atoms with van der Waals surface area (Å²) in [6.07, 6.45) is 6.70. The number of nitrogens with zero attached hydrogens (tertiary/aromatic N) is 3. The van der Waals surface area contributed by atoms with Crippen molar-refractivity contribution in [2.45, 2.75) is 57.2 Å².